The molecule has 0 bridgehead atoms. The number of aliphatic hydroxyl groups excluding tert-OH is 1. The molecule has 1 aromatic heterocycles. The summed E-state index contributed by atoms with van der Waals surface area (Å²) < 4.78 is 1.47. The van der Waals surface area contributed by atoms with Gasteiger partial charge in [0.05, 0.1) is 18.3 Å². The third kappa shape index (κ3) is 2.57. The van der Waals surface area contributed by atoms with Crippen molar-refractivity contribution in [3.05, 3.63) is 11.4 Å². The fraction of sp³-hybridized carbons (Fsp3) is 0.700. The Morgan fingerprint density at radius 2 is 2.12 bits per heavy atom. The molecule has 0 amide bonds. The lowest BCUT2D eigenvalue weighted by Crippen LogP contribution is -2.19. The Morgan fingerprint density at radius 3 is 2.56 bits per heavy atom. The summed E-state index contributed by atoms with van der Waals surface area (Å²) in [5.41, 5.74) is 0.526. The van der Waals surface area contributed by atoms with Crippen molar-refractivity contribution < 1.29 is 15.0 Å². The van der Waals surface area contributed by atoms with Crippen LogP contribution in [0.25, 0.3) is 0 Å². The van der Waals surface area contributed by atoms with E-state index in [0.29, 0.717) is 12.1 Å². The molecule has 1 heterocycles. The number of hydrogen-bond donors (Lipinski definition) is 2. The first-order chi connectivity index (χ1) is 7.47. The van der Waals surface area contributed by atoms with Crippen LogP contribution in [0, 0.1) is 0 Å². The molecule has 0 saturated carbocycles. The molecule has 2 N–H and O–H groups in total. The largest absolute Gasteiger partial charge is 0.476 e. The molecule has 1 aromatic rings. The quantitative estimate of drug-likeness (QED) is 0.779. The zero-order chi connectivity index (χ0) is 12.3. The van der Waals surface area contributed by atoms with Crippen molar-refractivity contribution >= 4 is 5.97 Å². The molecule has 6 heteroatoms. The van der Waals surface area contributed by atoms with Crippen LogP contribution in [0.15, 0.2) is 0 Å². The van der Waals surface area contributed by atoms with Gasteiger partial charge in [0.25, 0.3) is 0 Å². The van der Waals surface area contributed by atoms with E-state index in [2.05, 4.69) is 10.3 Å². The van der Waals surface area contributed by atoms with E-state index >= 15 is 0 Å². The predicted molar refractivity (Wildman–Crippen MR) is 57.4 cm³/mol. The van der Waals surface area contributed by atoms with Crippen LogP contribution in [-0.4, -0.2) is 37.3 Å². The highest BCUT2D eigenvalue weighted by Gasteiger charge is 2.22. The van der Waals surface area contributed by atoms with Crippen molar-refractivity contribution in [1.82, 2.24) is 15.0 Å². The Labute approximate surface area is 93.9 Å². The maximum atomic E-state index is 10.9. The highest BCUT2D eigenvalue weighted by atomic mass is 16.4. The number of carboxylic acids is 1. The second-order valence-corrected chi connectivity index (χ2v) is 4.03. The number of aromatic carboxylic acids is 1. The topological polar surface area (TPSA) is 88.2 Å². The standard InChI is InChI=1S/C10H17N3O3/c1-4-7(14)5-13-9(6(2)3)8(10(15)16)11-12-13/h6-7,14H,4-5H2,1-3H3,(H,15,16). The molecular weight excluding hydrogens is 210 g/mol. The molecule has 0 aromatic carbocycles. The number of aromatic nitrogens is 3. The molecule has 0 aliphatic rings. The summed E-state index contributed by atoms with van der Waals surface area (Å²) in [7, 11) is 0. The number of hydrogen-bond acceptors (Lipinski definition) is 4. The molecule has 0 spiro atoms. The monoisotopic (exact) mass is 227 g/mol. The number of nitrogens with zero attached hydrogens (tertiary/aromatic N) is 3. The molecule has 16 heavy (non-hydrogen) atoms. The van der Waals surface area contributed by atoms with Crippen LogP contribution < -0.4 is 0 Å². The van der Waals surface area contributed by atoms with Gasteiger partial charge in [-0.05, 0) is 12.3 Å². The number of carbonyl (C=O) groups is 1. The predicted octanol–water partition coefficient (Wildman–Crippen LogP) is 0.871. The minimum atomic E-state index is -1.08. The lowest BCUT2D eigenvalue weighted by atomic mass is 10.1. The van der Waals surface area contributed by atoms with Crippen LogP contribution >= 0.6 is 0 Å². The van der Waals surface area contributed by atoms with E-state index in [4.69, 9.17) is 5.11 Å². The summed E-state index contributed by atoms with van der Waals surface area (Å²) in [6.45, 7) is 5.89. The van der Waals surface area contributed by atoms with Crippen molar-refractivity contribution in [2.75, 3.05) is 0 Å². The zero-order valence-corrected chi connectivity index (χ0v) is 9.71. The maximum Gasteiger partial charge on any atom is 0.358 e. The zero-order valence-electron chi connectivity index (χ0n) is 9.71. The molecule has 6 nitrogen and oxygen atoms in total. The second kappa shape index (κ2) is 5.07. The Morgan fingerprint density at radius 1 is 1.50 bits per heavy atom. The lowest BCUT2D eigenvalue weighted by molar-refractivity contribution is 0.0688. The van der Waals surface area contributed by atoms with Crippen molar-refractivity contribution in [3.8, 4) is 0 Å². The van der Waals surface area contributed by atoms with Gasteiger partial charge in [0.1, 0.15) is 0 Å². The lowest BCUT2D eigenvalue weighted by Gasteiger charge is -2.12. The minimum absolute atomic E-state index is 0.00477. The fourth-order valence-corrected chi connectivity index (χ4v) is 1.51. The van der Waals surface area contributed by atoms with Crippen LogP contribution in [0.2, 0.25) is 0 Å². The maximum absolute atomic E-state index is 10.9. The summed E-state index contributed by atoms with van der Waals surface area (Å²) in [6.07, 6.45) is 0.0700. The first-order valence-corrected chi connectivity index (χ1v) is 5.32. The summed E-state index contributed by atoms with van der Waals surface area (Å²) in [5, 5.41) is 25.9. The van der Waals surface area contributed by atoms with E-state index in [-0.39, 0.29) is 18.2 Å². The Kier molecular flexibility index (Phi) is 4.00. The van der Waals surface area contributed by atoms with Crippen LogP contribution in [-0.2, 0) is 6.54 Å². The Balaban J connectivity index is 3.05. The van der Waals surface area contributed by atoms with E-state index in [9.17, 15) is 9.90 Å². The Hall–Kier alpha value is -1.43. The molecule has 1 atom stereocenters. The van der Waals surface area contributed by atoms with Gasteiger partial charge in [-0.15, -0.1) is 5.10 Å². The molecular formula is C10H17N3O3. The highest BCUT2D eigenvalue weighted by molar-refractivity contribution is 5.86. The van der Waals surface area contributed by atoms with E-state index in [1.807, 2.05) is 20.8 Å². The second-order valence-electron chi connectivity index (χ2n) is 4.03. The van der Waals surface area contributed by atoms with Crippen LogP contribution in [0.5, 0.6) is 0 Å². The van der Waals surface area contributed by atoms with E-state index < -0.39 is 12.1 Å². The van der Waals surface area contributed by atoms with Gasteiger partial charge in [0.15, 0.2) is 5.69 Å². The minimum Gasteiger partial charge on any atom is -0.476 e. The van der Waals surface area contributed by atoms with Crippen molar-refractivity contribution in [3.63, 3.8) is 0 Å². The Bertz CT molecular complexity index is 373. The molecule has 90 valence electrons. The van der Waals surface area contributed by atoms with Gasteiger partial charge in [0.2, 0.25) is 0 Å². The average molecular weight is 227 g/mol. The van der Waals surface area contributed by atoms with E-state index in [1.54, 1.807) is 0 Å². The van der Waals surface area contributed by atoms with Gasteiger partial charge < -0.3 is 10.2 Å². The third-order valence-electron chi connectivity index (χ3n) is 2.38. The number of carboxylic acid groups (broad SMARTS) is 1. The molecule has 1 rings (SSSR count). The normalized spacial score (nSPS) is 13.1. The smallest absolute Gasteiger partial charge is 0.358 e. The highest BCUT2D eigenvalue weighted by Crippen LogP contribution is 2.18. The molecule has 1 unspecified atom stereocenters. The summed E-state index contributed by atoms with van der Waals surface area (Å²) in [6, 6.07) is 0. The van der Waals surface area contributed by atoms with Gasteiger partial charge in [-0.25, -0.2) is 9.48 Å². The summed E-state index contributed by atoms with van der Waals surface area (Å²) in [4.78, 5) is 10.9. The molecule has 0 radical (unpaired) electrons. The summed E-state index contributed by atoms with van der Waals surface area (Å²) >= 11 is 0. The molecule has 0 aliphatic heterocycles. The first kappa shape index (κ1) is 12.6. The molecule has 0 fully saturated rings. The van der Waals surface area contributed by atoms with Gasteiger partial charge in [-0.2, -0.15) is 0 Å². The first-order valence-electron chi connectivity index (χ1n) is 5.32. The fourth-order valence-electron chi connectivity index (χ4n) is 1.51. The molecule has 0 saturated heterocycles. The van der Waals surface area contributed by atoms with Crippen molar-refractivity contribution in [2.45, 2.75) is 45.8 Å². The van der Waals surface area contributed by atoms with Crippen LogP contribution in [0.3, 0.4) is 0 Å². The van der Waals surface area contributed by atoms with Crippen LogP contribution in [0.1, 0.15) is 49.3 Å². The van der Waals surface area contributed by atoms with Gasteiger partial charge in [-0.3, -0.25) is 0 Å². The van der Waals surface area contributed by atoms with Crippen molar-refractivity contribution in [2.24, 2.45) is 0 Å². The van der Waals surface area contributed by atoms with E-state index in [0.717, 1.165) is 0 Å². The van der Waals surface area contributed by atoms with Crippen molar-refractivity contribution in [1.29, 1.82) is 0 Å². The van der Waals surface area contributed by atoms with Gasteiger partial charge in [-0.1, -0.05) is 26.0 Å². The van der Waals surface area contributed by atoms with Gasteiger partial charge in [0, 0.05) is 0 Å². The van der Waals surface area contributed by atoms with E-state index in [1.165, 1.54) is 4.68 Å². The summed E-state index contributed by atoms with van der Waals surface area (Å²) in [5.74, 6) is -1.08. The SMILES string of the molecule is CCC(O)Cn1nnc(C(=O)O)c1C(C)C. The molecule has 0 aliphatic carbocycles. The van der Waals surface area contributed by atoms with Crippen LogP contribution in [0.4, 0.5) is 0 Å². The number of aliphatic hydroxyl groups is 1. The third-order valence-corrected chi connectivity index (χ3v) is 2.38. The average Bonchev–Trinajstić information content (AvgIpc) is 2.61. The number of rotatable bonds is 5. The van der Waals surface area contributed by atoms with Gasteiger partial charge >= 0.3 is 5.97 Å².